The number of esters is 1. The second-order valence-corrected chi connectivity index (χ2v) is 9.37. The maximum absolute atomic E-state index is 12.7. The number of aromatic nitrogens is 1. The fourth-order valence-electron chi connectivity index (χ4n) is 2.20. The van der Waals surface area contributed by atoms with E-state index in [1.807, 2.05) is 0 Å². The lowest BCUT2D eigenvalue weighted by Gasteiger charge is -2.17. The fourth-order valence-corrected chi connectivity index (χ4v) is 3.86. The Kier molecular flexibility index (Phi) is 6.47. The molecule has 0 radical (unpaired) electrons. The first kappa shape index (κ1) is 20.5. The molecule has 1 heterocycles. The zero-order valence-corrected chi connectivity index (χ0v) is 17.4. The molecule has 0 aliphatic heterocycles. The molecular formula is C19H22BrNO4S. The topological polar surface area (TPSA) is 65.4 Å². The minimum absolute atomic E-state index is 0.217. The third-order valence-electron chi connectivity index (χ3n) is 3.39. The number of rotatable bonds is 6. The maximum Gasteiger partial charge on any atom is 0.331 e. The van der Waals surface area contributed by atoms with Gasteiger partial charge in [-0.05, 0) is 62.6 Å². The third-order valence-corrected chi connectivity index (χ3v) is 5.44. The van der Waals surface area contributed by atoms with Crippen LogP contribution in [0.3, 0.4) is 0 Å². The molecule has 5 nitrogen and oxygen atoms in total. The number of hydrogen-bond acceptors (Lipinski definition) is 4. The Morgan fingerprint density at radius 1 is 1.19 bits per heavy atom. The highest BCUT2D eigenvalue weighted by molar-refractivity contribution is 9.09. The normalized spacial score (nSPS) is 12.5. The molecule has 1 aromatic carbocycles. The van der Waals surface area contributed by atoms with Crippen LogP contribution in [0.4, 0.5) is 0 Å². The van der Waals surface area contributed by atoms with Gasteiger partial charge in [-0.25, -0.2) is 17.2 Å². The van der Waals surface area contributed by atoms with E-state index in [1.165, 1.54) is 24.5 Å². The summed E-state index contributed by atoms with van der Waals surface area (Å²) in [5.74, 6) is -0.476. The number of carbonyl (C=O) groups excluding carboxylic acids is 1. The highest BCUT2D eigenvalue weighted by atomic mass is 79.9. The van der Waals surface area contributed by atoms with Gasteiger partial charge in [0.25, 0.3) is 10.0 Å². The van der Waals surface area contributed by atoms with Crippen LogP contribution in [0.25, 0.3) is 6.08 Å². The third kappa shape index (κ3) is 5.57. The molecule has 0 saturated heterocycles. The largest absolute Gasteiger partial charge is 0.457 e. The van der Waals surface area contributed by atoms with E-state index in [-0.39, 0.29) is 4.90 Å². The Morgan fingerprint density at radius 3 is 2.42 bits per heavy atom. The van der Waals surface area contributed by atoms with Gasteiger partial charge in [-0.2, -0.15) is 0 Å². The maximum atomic E-state index is 12.7. The number of alkyl halides is 1. The number of halogens is 1. The fraction of sp³-hybridized carbons (Fsp3) is 0.316. The summed E-state index contributed by atoms with van der Waals surface area (Å²) in [5.41, 5.74) is 1.09. The van der Waals surface area contributed by atoms with Gasteiger partial charge in [0.2, 0.25) is 0 Å². The van der Waals surface area contributed by atoms with Crippen molar-refractivity contribution < 1.29 is 17.9 Å². The Hall–Kier alpha value is -1.86. The molecule has 2 aromatic rings. The smallest absolute Gasteiger partial charge is 0.331 e. The number of nitrogens with zero attached hydrogens (tertiary/aromatic N) is 1. The summed E-state index contributed by atoms with van der Waals surface area (Å²) in [7, 11) is -3.66. The Morgan fingerprint density at radius 2 is 1.85 bits per heavy atom. The molecule has 0 atom stereocenters. The van der Waals surface area contributed by atoms with Gasteiger partial charge in [0.1, 0.15) is 5.60 Å². The number of hydrogen-bond donors (Lipinski definition) is 0. The van der Waals surface area contributed by atoms with E-state index >= 15 is 0 Å². The minimum atomic E-state index is -3.66. The monoisotopic (exact) mass is 439 g/mol. The van der Waals surface area contributed by atoms with E-state index in [2.05, 4.69) is 15.9 Å². The molecule has 0 unspecified atom stereocenters. The molecule has 7 heteroatoms. The second-order valence-electron chi connectivity index (χ2n) is 6.73. The standard InChI is InChI=1S/C19H22BrNO4S/c1-19(2,3)25-18(22)9-6-16-11-13-21(14-16)26(23,24)17-7-4-15(5-8-17)10-12-20/h4-9,11,13-14H,10,12H2,1-3H3/b9-6+. The quantitative estimate of drug-likeness (QED) is 0.387. The first-order valence-corrected chi connectivity index (χ1v) is 10.7. The van der Waals surface area contributed by atoms with Crippen molar-refractivity contribution in [3.8, 4) is 0 Å². The Bertz CT molecular complexity index is 890. The summed E-state index contributed by atoms with van der Waals surface area (Å²) in [4.78, 5) is 11.9. The summed E-state index contributed by atoms with van der Waals surface area (Å²) < 4.78 is 31.7. The molecule has 0 aliphatic carbocycles. The van der Waals surface area contributed by atoms with Crippen LogP contribution in [-0.2, 0) is 26.0 Å². The second kappa shape index (κ2) is 8.22. The highest BCUT2D eigenvalue weighted by Gasteiger charge is 2.17. The SMILES string of the molecule is CC(C)(C)OC(=O)/C=C/c1ccn(S(=O)(=O)c2ccc(CCBr)cc2)c1. The van der Waals surface area contributed by atoms with E-state index in [9.17, 15) is 13.2 Å². The van der Waals surface area contributed by atoms with Crippen molar-refractivity contribution in [2.24, 2.45) is 0 Å². The van der Waals surface area contributed by atoms with Crippen LogP contribution in [0.5, 0.6) is 0 Å². The molecule has 1 aromatic heterocycles. The minimum Gasteiger partial charge on any atom is -0.457 e. The Balaban J connectivity index is 2.16. The summed E-state index contributed by atoms with van der Waals surface area (Å²) in [6.07, 6.45) is 6.56. The summed E-state index contributed by atoms with van der Waals surface area (Å²) in [5, 5.41) is 0.823. The van der Waals surface area contributed by atoms with Crippen molar-refractivity contribution in [2.45, 2.75) is 37.7 Å². The molecule has 2 rings (SSSR count). The Labute approximate surface area is 162 Å². The average Bonchev–Trinajstić information content (AvgIpc) is 3.02. The van der Waals surface area contributed by atoms with Gasteiger partial charge in [0.05, 0.1) is 4.90 Å². The van der Waals surface area contributed by atoms with Gasteiger partial charge in [-0.1, -0.05) is 28.1 Å². The highest BCUT2D eigenvalue weighted by Crippen LogP contribution is 2.17. The van der Waals surface area contributed by atoms with Crippen molar-refractivity contribution in [1.82, 2.24) is 3.97 Å². The van der Waals surface area contributed by atoms with Crippen LogP contribution in [0, 0.1) is 0 Å². The van der Waals surface area contributed by atoms with Crippen molar-refractivity contribution >= 4 is 38.0 Å². The van der Waals surface area contributed by atoms with E-state index in [0.717, 1.165) is 21.3 Å². The molecule has 140 valence electrons. The van der Waals surface area contributed by atoms with Gasteiger partial charge in [0, 0.05) is 23.8 Å². The molecule has 0 spiro atoms. The molecule has 0 N–H and O–H groups in total. The van der Waals surface area contributed by atoms with Crippen LogP contribution < -0.4 is 0 Å². The molecule has 0 amide bonds. The predicted molar refractivity (Wildman–Crippen MR) is 106 cm³/mol. The average molecular weight is 440 g/mol. The van der Waals surface area contributed by atoms with Crippen molar-refractivity contribution in [1.29, 1.82) is 0 Å². The molecule has 26 heavy (non-hydrogen) atoms. The summed E-state index contributed by atoms with van der Waals surface area (Å²) in [6, 6.07) is 8.44. The predicted octanol–water partition coefficient (Wildman–Crippen LogP) is 4.02. The van der Waals surface area contributed by atoms with Gasteiger partial charge >= 0.3 is 5.97 Å². The summed E-state index contributed by atoms with van der Waals surface area (Å²) >= 11 is 3.36. The van der Waals surface area contributed by atoms with Crippen molar-refractivity contribution in [2.75, 3.05) is 5.33 Å². The molecule has 0 bridgehead atoms. The molecule has 0 fully saturated rings. The summed E-state index contributed by atoms with van der Waals surface area (Å²) in [6.45, 7) is 5.35. The van der Waals surface area contributed by atoms with Crippen molar-refractivity contribution in [3.63, 3.8) is 0 Å². The van der Waals surface area contributed by atoms with Gasteiger partial charge in [-0.15, -0.1) is 0 Å². The van der Waals surface area contributed by atoms with Gasteiger partial charge in [0.15, 0.2) is 0 Å². The van der Waals surface area contributed by atoms with E-state index in [4.69, 9.17) is 4.74 Å². The first-order chi connectivity index (χ1) is 12.1. The first-order valence-electron chi connectivity index (χ1n) is 8.11. The lowest BCUT2D eigenvalue weighted by molar-refractivity contribution is -0.148. The number of carbonyl (C=O) groups is 1. The number of aryl methyl sites for hydroxylation is 1. The van der Waals surface area contributed by atoms with Crippen LogP contribution in [0.1, 0.15) is 31.9 Å². The van der Waals surface area contributed by atoms with Gasteiger partial charge < -0.3 is 4.74 Å². The zero-order valence-electron chi connectivity index (χ0n) is 15.0. The van der Waals surface area contributed by atoms with E-state index < -0.39 is 21.6 Å². The lowest BCUT2D eigenvalue weighted by atomic mass is 10.2. The molecule has 0 aliphatic rings. The van der Waals surface area contributed by atoms with Crippen LogP contribution in [0.15, 0.2) is 53.7 Å². The van der Waals surface area contributed by atoms with Crippen LogP contribution in [-0.4, -0.2) is 29.3 Å². The zero-order chi connectivity index (χ0) is 19.4. The lowest BCUT2D eigenvalue weighted by Crippen LogP contribution is -2.22. The van der Waals surface area contributed by atoms with E-state index in [0.29, 0.717) is 5.56 Å². The number of ether oxygens (including phenoxy) is 1. The molecule has 0 saturated carbocycles. The molecular weight excluding hydrogens is 418 g/mol. The van der Waals surface area contributed by atoms with Crippen molar-refractivity contribution in [3.05, 3.63) is 59.9 Å². The van der Waals surface area contributed by atoms with E-state index in [1.54, 1.807) is 51.1 Å². The van der Waals surface area contributed by atoms with Crippen LogP contribution >= 0.6 is 15.9 Å². The number of benzene rings is 1. The van der Waals surface area contributed by atoms with Gasteiger partial charge in [-0.3, -0.25) is 0 Å². The van der Waals surface area contributed by atoms with Crippen LogP contribution in [0.2, 0.25) is 0 Å².